The number of benzene rings is 1. The van der Waals surface area contributed by atoms with Gasteiger partial charge >= 0.3 is 0 Å². The van der Waals surface area contributed by atoms with E-state index >= 15 is 0 Å². The van der Waals surface area contributed by atoms with E-state index in [1.807, 2.05) is 0 Å². The molecule has 2 amide bonds. The Morgan fingerprint density at radius 2 is 2.21 bits per heavy atom. The first-order valence-electron chi connectivity index (χ1n) is 7.62. The molecule has 0 bridgehead atoms. The minimum absolute atomic E-state index is 0.0398. The number of rotatable bonds is 4. The molecule has 1 saturated heterocycles. The molecule has 0 aliphatic carbocycles. The van der Waals surface area contributed by atoms with Crippen LogP contribution in [0.4, 0.5) is 5.69 Å². The van der Waals surface area contributed by atoms with Gasteiger partial charge in [0.1, 0.15) is 5.75 Å². The van der Waals surface area contributed by atoms with Crippen molar-refractivity contribution < 1.29 is 28.0 Å². The maximum absolute atomic E-state index is 12.2. The summed E-state index contributed by atoms with van der Waals surface area (Å²) in [6.45, 7) is 0.265. The van der Waals surface area contributed by atoms with Crippen molar-refractivity contribution in [2.24, 2.45) is 5.92 Å². The lowest BCUT2D eigenvalue weighted by Gasteiger charge is -2.30. The minimum Gasteiger partial charge on any atom is -0.482 e. The summed E-state index contributed by atoms with van der Waals surface area (Å²) in [4.78, 5) is 25.2. The number of nitrogens with zero attached hydrogens (tertiary/aromatic N) is 1. The molecule has 2 aliphatic heterocycles. The summed E-state index contributed by atoms with van der Waals surface area (Å²) in [5.41, 5.74) is 2.20. The van der Waals surface area contributed by atoms with Gasteiger partial charge in [0.05, 0.1) is 17.2 Å². The molecule has 0 spiro atoms. The van der Waals surface area contributed by atoms with E-state index in [9.17, 15) is 18.0 Å². The number of carbonyl (C=O) groups is 2. The van der Waals surface area contributed by atoms with Crippen molar-refractivity contribution >= 4 is 27.3 Å². The highest BCUT2D eigenvalue weighted by molar-refractivity contribution is 7.91. The number of fused-ring (bicyclic) bond motifs is 1. The lowest BCUT2D eigenvalue weighted by atomic mass is 10.0. The zero-order chi connectivity index (χ0) is 17.3. The molecule has 3 rings (SSSR count). The molecule has 0 saturated carbocycles. The van der Waals surface area contributed by atoms with E-state index in [4.69, 9.17) is 9.94 Å². The maximum Gasteiger partial charge on any atom is 0.274 e. The predicted octanol–water partition coefficient (Wildman–Crippen LogP) is 0.356. The molecule has 0 unspecified atom stereocenters. The van der Waals surface area contributed by atoms with Crippen molar-refractivity contribution in [3.05, 3.63) is 23.8 Å². The molecule has 0 radical (unpaired) electrons. The van der Waals surface area contributed by atoms with Crippen molar-refractivity contribution in [3.8, 4) is 5.75 Å². The largest absolute Gasteiger partial charge is 0.482 e. The van der Waals surface area contributed by atoms with Gasteiger partial charge in [-0.15, -0.1) is 0 Å². The van der Waals surface area contributed by atoms with Gasteiger partial charge in [-0.2, -0.15) is 0 Å². The van der Waals surface area contributed by atoms with Gasteiger partial charge < -0.3 is 9.64 Å². The predicted molar refractivity (Wildman–Crippen MR) is 84.9 cm³/mol. The number of nitrogens with one attached hydrogen (secondary N) is 1. The molecule has 2 N–H and O–H groups in total. The normalized spacial score (nSPS) is 22.0. The minimum atomic E-state index is -2.95. The average Bonchev–Trinajstić information content (AvgIpc) is 2.91. The number of anilines is 1. The first-order chi connectivity index (χ1) is 11.4. The fraction of sp³-hybridized carbons (Fsp3) is 0.467. The number of amides is 2. The maximum atomic E-state index is 12.2. The molecule has 0 aromatic heterocycles. The second-order valence-corrected chi connectivity index (χ2v) is 8.24. The van der Waals surface area contributed by atoms with Gasteiger partial charge in [0.2, 0.25) is 0 Å². The topological polar surface area (TPSA) is 113 Å². The summed E-state index contributed by atoms with van der Waals surface area (Å²) < 4.78 is 28.4. The van der Waals surface area contributed by atoms with Crippen LogP contribution in [0.25, 0.3) is 0 Å². The Bertz CT molecular complexity index is 776. The van der Waals surface area contributed by atoms with E-state index < -0.39 is 15.7 Å². The van der Waals surface area contributed by atoms with Gasteiger partial charge in [0, 0.05) is 12.1 Å². The number of sulfone groups is 1. The van der Waals surface area contributed by atoms with E-state index in [1.165, 1.54) is 17.0 Å². The van der Waals surface area contributed by atoms with Crippen LogP contribution in [0, 0.1) is 5.92 Å². The Morgan fingerprint density at radius 3 is 2.88 bits per heavy atom. The Morgan fingerprint density at radius 1 is 1.42 bits per heavy atom. The number of carbonyl (C=O) groups excluding carboxylic acids is 2. The molecule has 1 aromatic rings. The molecule has 1 aromatic carbocycles. The molecule has 9 heteroatoms. The average molecular weight is 354 g/mol. The summed E-state index contributed by atoms with van der Waals surface area (Å²) in [7, 11) is -2.95. The standard InChI is InChI=1S/C15H18N2O6S/c18-14-8-23-13-2-1-11(15(19)16-20)7-12(13)17(14)5-3-10-4-6-24(21,22)9-10/h1-2,7,10,20H,3-6,8-9H2,(H,16,19)/t10-/m1/s1. The van der Waals surface area contributed by atoms with E-state index in [2.05, 4.69) is 0 Å². The van der Waals surface area contributed by atoms with Crippen molar-refractivity contribution in [2.75, 3.05) is 29.6 Å². The lowest BCUT2D eigenvalue weighted by Crippen LogP contribution is -2.40. The first-order valence-corrected chi connectivity index (χ1v) is 9.44. The van der Waals surface area contributed by atoms with E-state index in [0.29, 0.717) is 30.8 Å². The molecule has 1 fully saturated rings. The highest BCUT2D eigenvalue weighted by Gasteiger charge is 2.31. The Labute approximate surface area is 139 Å². The Balaban J connectivity index is 1.78. The summed E-state index contributed by atoms with van der Waals surface area (Å²) in [6.07, 6.45) is 1.18. The van der Waals surface area contributed by atoms with Gasteiger partial charge in [-0.05, 0) is 37.0 Å². The van der Waals surface area contributed by atoms with Crippen LogP contribution in [0.3, 0.4) is 0 Å². The van der Waals surface area contributed by atoms with Gasteiger partial charge in [0.15, 0.2) is 16.4 Å². The monoisotopic (exact) mass is 354 g/mol. The van der Waals surface area contributed by atoms with Crippen molar-refractivity contribution in [2.45, 2.75) is 12.8 Å². The molecule has 1 atom stereocenters. The number of hydrogen-bond acceptors (Lipinski definition) is 6. The highest BCUT2D eigenvalue weighted by Crippen LogP contribution is 2.34. The zero-order valence-corrected chi connectivity index (χ0v) is 13.7. The van der Waals surface area contributed by atoms with Crippen LogP contribution in [0.15, 0.2) is 18.2 Å². The van der Waals surface area contributed by atoms with E-state index in [1.54, 1.807) is 11.5 Å². The number of hydrogen-bond donors (Lipinski definition) is 2. The van der Waals surface area contributed by atoms with Crippen LogP contribution >= 0.6 is 0 Å². The van der Waals surface area contributed by atoms with Crippen molar-refractivity contribution in [1.82, 2.24) is 5.48 Å². The third-order valence-electron chi connectivity index (χ3n) is 4.35. The summed E-state index contributed by atoms with van der Waals surface area (Å²) in [6, 6.07) is 4.53. The SMILES string of the molecule is O=C(NO)c1ccc2c(c1)N(CC[C@@H]1CCS(=O)(=O)C1)C(=O)CO2. The highest BCUT2D eigenvalue weighted by atomic mass is 32.2. The quantitative estimate of drug-likeness (QED) is 0.596. The van der Waals surface area contributed by atoms with Gasteiger partial charge in [-0.3, -0.25) is 14.8 Å². The van der Waals surface area contributed by atoms with Crippen LogP contribution in [0.1, 0.15) is 23.2 Å². The molecular formula is C15H18N2O6S. The van der Waals surface area contributed by atoms with Crippen LogP contribution in [-0.2, 0) is 14.6 Å². The fourth-order valence-corrected chi connectivity index (χ4v) is 4.98. The smallest absolute Gasteiger partial charge is 0.274 e. The van der Waals surface area contributed by atoms with Crippen LogP contribution in [0.5, 0.6) is 5.75 Å². The Kier molecular flexibility index (Phi) is 4.46. The van der Waals surface area contributed by atoms with E-state index in [0.717, 1.165) is 0 Å². The summed E-state index contributed by atoms with van der Waals surface area (Å²) in [5.74, 6) is -0.0546. The van der Waals surface area contributed by atoms with Crippen LogP contribution in [-0.4, -0.2) is 50.1 Å². The molecule has 130 valence electrons. The van der Waals surface area contributed by atoms with Gasteiger partial charge in [-0.25, -0.2) is 13.9 Å². The van der Waals surface area contributed by atoms with Crippen molar-refractivity contribution in [1.29, 1.82) is 0 Å². The van der Waals surface area contributed by atoms with Crippen LogP contribution in [0.2, 0.25) is 0 Å². The van der Waals surface area contributed by atoms with Crippen molar-refractivity contribution in [3.63, 3.8) is 0 Å². The second kappa shape index (κ2) is 6.40. The second-order valence-electron chi connectivity index (χ2n) is 6.02. The number of hydroxylamine groups is 1. The van der Waals surface area contributed by atoms with Crippen LogP contribution < -0.4 is 15.1 Å². The molecule has 2 aliphatic rings. The molecular weight excluding hydrogens is 336 g/mol. The van der Waals surface area contributed by atoms with Gasteiger partial charge in [0.25, 0.3) is 11.8 Å². The summed E-state index contributed by atoms with van der Waals surface area (Å²) >= 11 is 0. The lowest BCUT2D eigenvalue weighted by molar-refractivity contribution is -0.121. The molecule has 2 heterocycles. The Hall–Kier alpha value is -2.13. The third-order valence-corrected chi connectivity index (χ3v) is 6.19. The third kappa shape index (κ3) is 3.36. The fourth-order valence-electron chi connectivity index (χ4n) is 3.06. The molecule has 8 nitrogen and oxygen atoms in total. The van der Waals surface area contributed by atoms with E-state index in [-0.39, 0.29) is 35.5 Å². The molecule has 24 heavy (non-hydrogen) atoms. The zero-order valence-electron chi connectivity index (χ0n) is 12.9. The number of ether oxygens (including phenoxy) is 1. The van der Waals surface area contributed by atoms with Gasteiger partial charge in [-0.1, -0.05) is 0 Å². The summed E-state index contributed by atoms with van der Waals surface area (Å²) in [5, 5.41) is 8.74. The first kappa shape index (κ1) is 16.7.